The van der Waals surface area contributed by atoms with Crippen LogP contribution in [0, 0.1) is 29.1 Å². The molecule has 2 heterocycles. The van der Waals surface area contributed by atoms with Crippen LogP contribution in [0.15, 0.2) is 53.1 Å². The smallest absolute Gasteiger partial charge is 0.234 e. The van der Waals surface area contributed by atoms with Gasteiger partial charge in [0.25, 0.3) is 0 Å². The fourth-order valence-electron chi connectivity index (χ4n) is 10.8. The number of carbonyl (C=O) groups excluding carboxylic acids is 2. The molecule has 2 unspecified atom stereocenters. The molecular formula is C38H52N2O3. The maximum absolute atomic E-state index is 13.1. The van der Waals surface area contributed by atoms with E-state index >= 15 is 0 Å². The van der Waals surface area contributed by atoms with Gasteiger partial charge in [-0.1, -0.05) is 60.9 Å². The lowest BCUT2D eigenvalue weighted by atomic mass is 9.56. The number of rotatable bonds is 6. The van der Waals surface area contributed by atoms with Crippen LogP contribution in [0.3, 0.4) is 0 Å². The van der Waals surface area contributed by atoms with Crippen molar-refractivity contribution in [2.24, 2.45) is 29.1 Å². The number of fused-ring (bicyclic) bond motifs is 6. The van der Waals surface area contributed by atoms with E-state index in [0.29, 0.717) is 36.1 Å². The van der Waals surface area contributed by atoms with Crippen LogP contribution in [-0.4, -0.2) is 54.0 Å². The molecule has 7 rings (SSSR count). The van der Waals surface area contributed by atoms with Gasteiger partial charge in [-0.25, -0.2) is 0 Å². The molecule has 5 heteroatoms. The van der Waals surface area contributed by atoms with Crippen molar-refractivity contribution in [1.29, 1.82) is 0 Å². The van der Waals surface area contributed by atoms with Gasteiger partial charge in [0.1, 0.15) is 0 Å². The van der Waals surface area contributed by atoms with Crippen LogP contribution in [0.5, 0.6) is 0 Å². The number of aryl methyl sites for hydroxylation is 1. The lowest BCUT2D eigenvalue weighted by molar-refractivity contribution is -0.124. The number of amides is 1. The van der Waals surface area contributed by atoms with E-state index in [1.165, 1.54) is 30.4 Å². The van der Waals surface area contributed by atoms with Crippen LogP contribution in [0.1, 0.15) is 97.0 Å². The highest BCUT2D eigenvalue weighted by Gasteiger charge is 2.59. The fourth-order valence-corrected chi connectivity index (χ4v) is 10.8. The number of nitrogens with one attached hydrogen (secondary N) is 1. The molecule has 2 aliphatic heterocycles. The van der Waals surface area contributed by atoms with Crippen LogP contribution < -0.4 is 5.32 Å². The first-order chi connectivity index (χ1) is 20.8. The third-order valence-corrected chi connectivity index (χ3v) is 13.1. The Morgan fingerprint density at radius 2 is 1.95 bits per heavy atom. The highest BCUT2D eigenvalue weighted by atomic mass is 16.5. The molecule has 8 atom stereocenters. The molecule has 6 aliphatic rings. The summed E-state index contributed by atoms with van der Waals surface area (Å²) in [7, 11) is 0. The van der Waals surface area contributed by atoms with E-state index in [0.717, 1.165) is 76.8 Å². The monoisotopic (exact) mass is 584 g/mol. The lowest BCUT2D eigenvalue weighted by Crippen LogP contribution is -2.52. The van der Waals surface area contributed by atoms with E-state index in [4.69, 9.17) is 4.74 Å². The molecule has 0 aromatic heterocycles. The first kappa shape index (κ1) is 29.5. The number of allylic oxidation sites excluding steroid dienone is 3. The van der Waals surface area contributed by atoms with Crippen molar-refractivity contribution in [3.05, 3.63) is 58.7 Å². The standard InChI is InChI=1S/C38H52N2O3/c1-25-23-38(18-16-30-31-14-13-28-21-29(41)15-17-37(28,3)33(31)22-32(25)30)26(2)36-34(43-38)12-8-20-40(36)24-35(42)39-19-7-11-27-9-5-4-6-10-27/h4-6,9-10,21,26,30-31,33-34,36H,7-8,11-20,22-24H2,1-3H3,(H,39,42)/t26-,30?,31+,33+,34-,36?,37+,38+/m1/s1. The van der Waals surface area contributed by atoms with Gasteiger partial charge in [0.2, 0.25) is 5.91 Å². The number of nitrogens with zero attached hydrogens (tertiary/aromatic N) is 1. The Hall–Kier alpha value is -2.24. The van der Waals surface area contributed by atoms with Gasteiger partial charge in [0.15, 0.2) is 5.78 Å². The number of piperidine rings is 1. The summed E-state index contributed by atoms with van der Waals surface area (Å²) in [6.45, 7) is 9.53. The topological polar surface area (TPSA) is 58.6 Å². The van der Waals surface area contributed by atoms with E-state index in [-0.39, 0.29) is 23.0 Å². The van der Waals surface area contributed by atoms with Gasteiger partial charge in [-0.3, -0.25) is 14.5 Å². The van der Waals surface area contributed by atoms with E-state index in [1.54, 1.807) is 11.1 Å². The van der Waals surface area contributed by atoms with Gasteiger partial charge in [0.05, 0.1) is 18.2 Å². The average molecular weight is 585 g/mol. The number of benzene rings is 1. The Kier molecular flexibility index (Phi) is 7.95. The highest BCUT2D eigenvalue weighted by Crippen LogP contribution is 2.64. The molecule has 1 amide bonds. The minimum absolute atomic E-state index is 0.109. The molecule has 1 spiro atoms. The number of ketones is 1. The van der Waals surface area contributed by atoms with Gasteiger partial charge < -0.3 is 10.1 Å². The number of hydrogen-bond donors (Lipinski definition) is 1. The summed E-state index contributed by atoms with van der Waals surface area (Å²) in [4.78, 5) is 27.8. The molecule has 1 N–H and O–H groups in total. The molecule has 43 heavy (non-hydrogen) atoms. The van der Waals surface area contributed by atoms with E-state index in [9.17, 15) is 9.59 Å². The zero-order valence-corrected chi connectivity index (χ0v) is 26.7. The molecule has 1 aromatic rings. The maximum atomic E-state index is 13.1. The zero-order chi connectivity index (χ0) is 29.8. The Labute approximate surface area is 258 Å². The SMILES string of the molecule is CC1=C2C[C@H]3[C@@H](CCC4=CC(=O)CC[C@@]43C)C2CC[C@@]2(C1)O[C@@H]1CCCN(CC(=O)NCCCc3ccccc3)C1[C@H]2C. The summed E-state index contributed by atoms with van der Waals surface area (Å²) >= 11 is 0. The van der Waals surface area contributed by atoms with Crippen LogP contribution in [0.2, 0.25) is 0 Å². The molecule has 5 nitrogen and oxygen atoms in total. The van der Waals surface area contributed by atoms with Crippen LogP contribution in [0.25, 0.3) is 0 Å². The molecule has 1 aromatic carbocycles. The number of hydrogen-bond acceptors (Lipinski definition) is 4. The molecular weight excluding hydrogens is 532 g/mol. The zero-order valence-electron chi connectivity index (χ0n) is 26.7. The van der Waals surface area contributed by atoms with Crippen molar-refractivity contribution in [2.45, 2.75) is 116 Å². The Morgan fingerprint density at radius 3 is 2.79 bits per heavy atom. The molecule has 4 aliphatic carbocycles. The second-order valence-electron chi connectivity index (χ2n) is 15.2. The van der Waals surface area contributed by atoms with Gasteiger partial charge in [-0.05, 0) is 119 Å². The molecule has 4 fully saturated rings. The Morgan fingerprint density at radius 1 is 1.12 bits per heavy atom. The molecule has 2 saturated heterocycles. The lowest BCUT2D eigenvalue weighted by Gasteiger charge is -2.48. The van der Waals surface area contributed by atoms with E-state index in [1.807, 2.05) is 12.1 Å². The third-order valence-electron chi connectivity index (χ3n) is 13.1. The number of carbonyl (C=O) groups is 2. The first-order valence-electron chi connectivity index (χ1n) is 17.4. The van der Waals surface area contributed by atoms with Gasteiger partial charge >= 0.3 is 0 Å². The minimum atomic E-state index is -0.109. The van der Waals surface area contributed by atoms with Crippen LogP contribution in [-0.2, 0) is 20.7 Å². The normalized spacial score (nSPS) is 39.0. The first-order valence-corrected chi connectivity index (χ1v) is 17.4. The molecule has 232 valence electrons. The molecule has 0 bridgehead atoms. The minimum Gasteiger partial charge on any atom is -0.369 e. The second-order valence-corrected chi connectivity index (χ2v) is 15.2. The predicted molar refractivity (Wildman–Crippen MR) is 170 cm³/mol. The van der Waals surface area contributed by atoms with Crippen molar-refractivity contribution in [3.8, 4) is 0 Å². The summed E-state index contributed by atoms with van der Waals surface area (Å²) in [5.74, 6) is 3.03. The summed E-state index contributed by atoms with van der Waals surface area (Å²) in [6, 6.07) is 10.9. The number of ether oxygens (including phenoxy) is 1. The summed E-state index contributed by atoms with van der Waals surface area (Å²) in [5.41, 5.74) is 6.21. The summed E-state index contributed by atoms with van der Waals surface area (Å²) < 4.78 is 7.18. The summed E-state index contributed by atoms with van der Waals surface area (Å²) in [5, 5.41) is 3.21. The van der Waals surface area contributed by atoms with Crippen molar-refractivity contribution in [1.82, 2.24) is 10.2 Å². The van der Waals surface area contributed by atoms with Crippen molar-refractivity contribution in [3.63, 3.8) is 0 Å². The van der Waals surface area contributed by atoms with Gasteiger partial charge in [-0.15, -0.1) is 0 Å². The Balaban J connectivity index is 1.02. The van der Waals surface area contributed by atoms with Crippen molar-refractivity contribution >= 4 is 11.7 Å². The highest BCUT2D eigenvalue weighted by molar-refractivity contribution is 5.91. The predicted octanol–water partition coefficient (Wildman–Crippen LogP) is 6.82. The van der Waals surface area contributed by atoms with Gasteiger partial charge in [-0.2, -0.15) is 0 Å². The third kappa shape index (κ3) is 5.27. The quantitative estimate of drug-likeness (QED) is 0.295. The van der Waals surface area contributed by atoms with Crippen molar-refractivity contribution in [2.75, 3.05) is 19.6 Å². The molecule has 2 saturated carbocycles. The van der Waals surface area contributed by atoms with E-state index < -0.39 is 0 Å². The number of likely N-dealkylation sites (tertiary alicyclic amines) is 1. The van der Waals surface area contributed by atoms with E-state index in [2.05, 4.69) is 55.3 Å². The Bertz CT molecular complexity index is 1300. The van der Waals surface area contributed by atoms with Gasteiger partial charge in [0, 0.05) is 24.9 Å². The largest absolute Gasteiger partial charge is 0.369 e. The summed E-state index contributed by atoms with van der Waals surface area (Å²) in [6.07, 6.45) is 15.2. The maximum Gasteiger partial charge on any atom is 0.234 e. The van der Waals surface area contributed by atoms with Crippen LogP contribution >= 0.6 is 0 Å². The fraction of sp³-hybridized carbons (Fsp3) is 0.684. The average Bonchev–Trinajstić information content (AvgIpc) is 3.47. The van der Waals surface area contributed by atoms with Crippen molar-refractivity contribution < 1.29 is 14.3 Å². The molecule has 0 radical (unpaired) electrons. The van der Waals surface area contributed by atoms with Crippen LogP contribution in [0.4, 0.5) is 0 Å². The second kappa shape index (κ2) is 11.6.